The van der Waals surface area contributed by atoms with E-state index in [0.717, 1.165) is 12.8 Å². The van der Waals surface area contributed by atoms with Crippen LogP contribution >= 0.6 is 0 Å². The molecule has 10 heteroatoms. The van der Waals surface area contributed by atoms with Crippen LogP contribution in [0.3, 0.4) is 0 Å². The van der Waals surface area contributed by atoms with Gasteiger partial charge in [0.25, 0.3) is 5.91 Å². The molecular formula is C22H30N4O5S. The Balaban J connectivity index is 1.33. The molecule has 9 nitrogen and oxygen atoms in total. The quantitative estimate of drug-likeness (QED) is 0.622. The van der Waals surface area contributed by atoms with E-state index in [4.69, 9.17) is 9.26 Å². The van der Waals surface area contributed by atoms with Crippen molar-refractivity contribution in [2.75, 3.05) is 39.9 Å². The van der Waals surface area contributed by atoms with E-state index in [1.54, 1.807) is 24.1 Å². The smallest absolute Gasteiger partial charge is 0.253 e. The van der Waals surface area contributed by atoms with Crippen molar-refractivity contribution in [1.82, 2.24) is 19.3 Å². The predicted octanol–water partition coefficient (Wildman–Crippen LogP) is 2.45. The molecular weight excluding hydrogens is 432 g/mol. The van der Waals surface area contributed by atoms with Crippen LogP contribution in [0, 0.1) is 0 Å². The number of carbonyl (C=O) groups excluding carboxylic acids is 1. The minimum atomic E-state index is -3.58. The Kier molecular flexibility index (Phi) is 7.22. The number of rotatable bonds is 7. The Morgan fingerprint density at radius 3 is 2.50 bits per heavy atom. The van der Waals surface area contributed by atoms with Gasteiger partial charge in [0.2, 0.25) is 15.9 Å². The fourth-order valence-corrected chi connectivity index (χ4v) is 5.59. The largest absolute Gasteiger partial charge is 0.379 e. The summed E-state index contributed by atoms with van der Waals surface area (Å²) >= 11 is 0. The molecule has 0 spiro atoms. The van der Waals surface area contributed by atoms with Crippen molar-refractivity contribution in [3.8, 4) is 0 Å². The number of hydrogen-bond donors (Lipinski definition) is 0. The summed E-state index contributed by atoms with van der Waals surface area (Å²) in [7, 11) is -1.87. The molecule has 0 N–H and O–H groups in total. The maximum atomic E-state index is 12.8. The number of hydrogen-bond acceptors (Lipinski definition) is 7. The predicted molar refractivity (Wildman–Crippen MR) is 117 cm³/mol. The summed E-state index contributed by atoms with van der Waals surface area (Å²) in [4.78, 5) is 19.1. The van der Waals surface area contributed by atoms with Crippen molar-refractivity contribution in [1.29, 1.82) is 0 Å². The van der Waals surface area contributed by atoms with Gasteiger partial charge in [0, 0.05) is 44.6 Å². The molecule has 32 heavy (non-hydrogen) atoms. The molecule has 1 aromatic heterocycles. The van der Waals surface area contributed by atoms with E-state index in [9.17, 15) is 13.2 Å². The molecule has 174 valence electrons. The molecule has 2 aromatic rings. The van der Waals surface area contributed by atoms with Crippen molar-refractivity contribution >= 4 is 15.9 Å². The minimum absolute atomic E-state index is 0.181. The zero-order chi connectivity index (χ0) is 22.6. The second-order valence-corrected chi connectivity index (χ2v) is 10.3. The summed E-state index contributed by atoms with van der Waals surface area (Å²) in [5.41, 5.74) is 0.435. The zero-order valence-electron chi connectivity index (χ0n) is 18.4. The van der Waals surface area contributed by atoms with Gasteiger partial charge in [0.15, 0.2) is 5.82 Å². The van der Waals surface area contributed by atoms with Gasteiger partial charge in [-0.1, -0.05) is 24.4 Å². The summed E-state index contributed by atoms with van der Waals surface area (Å²) in [6.45, 7) is 1.90. The number of aromatic nitrogens is 2. The number of carbonyl (C=O) groups is 1. The van der Waals surface area contributed by atoms with Gasteiger partial charge in [-0.2, -0.15) is 9.29 Å². The SMILES string of the molecule is CN(CCc1noc(C2CCCCC2)n1)C(=O)c1ccc(S(=O)(=O)N2CCOCC2)cc1. The number of benzene rings is 1. The first-order chi connectivity index (χ1) is 15.4. The molecule has 1 aromatic carbocycles. The maximum Gasteiger partial charge on any atom is 0.253 e. The third kappa shape index (κ3) is 5.19. The summed E-state index contributed by atoms with van der Waals surface area (Å²) in [6.07, 6.45) is 6.36. The van der Waals surface area contributed by atoms with E-state index >= 15 is 0 Å². The molecule has 2 fully saturated rings. The first-order valence-corrected chi connectivity index (χ1v) is 12.6. The standard InChI is InChI=1S/C22H30N4O5S/c1-25(12-11-20-23-21(31-24-20)17-5-3-2-4-6-17)22(27)18-7-9-19(10-8-18)32(28,29)26-13-15-30-16-14-26/h7-10,17H,2-6,11-16H2,1H3. The van der Waals surface area contributed by atoms with Gasteiger partial charge < -0.3 is 14.2 Å². The second kappa shape index (κ2) is 10.1. The lowest BCUT2D eigenvalue weighted by Gasteiger charge is -2.26. The van der Waals surface area contributed by atoms with Crippen LogP contribution in [0.5, 0.6) is 0 Å². The average Bonchev–Trinajstić information content (AvgIpc) is 3.32. The van der Waals surface area contributed by atoms with Gasteiger partial charge in [-0.15, -0.1) is 0 Å². The highest BCUT2D eigenvalue weighted by Crippen LogP contribution is 2.31. The zero-order valence-corrected chi connectivity index (χ0v) is 19.2. The van der Waals surface area contributed by atoms with Gasteiger partial charge in [-0.3, -0.25) is 4.79 Å². The van der Waals surface area contributed by atoms with E-state index in [2.05, 4.69) is 10.1 Å². The van der Waals surface area contributed by atoms with E-state index < -0.39 is 10.0 Å². The normalized spacial score (nSPS) is 18.5. The van der Waals surface area contributed by atoms with Crippen LogP contribution < -0.4 is 0 Å². The molecule has 0 radical (unpaired) electrons. The number of morpholine rings is 1. The second-order valence-electron chi connectivity index (χ2n) is 8.40. The molecule has 2 heterocycles. The van der Waals surface area contributed by atoms with E-state index in [0.29, 0.717) is 62.5 Å². The molecule has 0 atom stereocenters. The van der Waals surface area contributed by atoms with E-state index in [-0.39, 0.29) is 10.8 Å². The lowest BCUT2D eigenvalue weighted by atomic mass is 9.89. The van der Waals surface area contributed by atoms with Crippen LogP contribution in [0.15, 0.2) is 33.7 Å². The molecule has 4 rings (SSSR count). The Hall–Kier alpha value is -2.30. The number of ether oxygens (including phenoxy) is 1. The first-order valence-electron chi connectivity index (χ1n) is 11.2. The molecule has 0 bridgehead atoms. The summed E-state index contributed by atoms with van der Waals surface area (Å²) in [5, 5.41) is 4.07. The third-order valence-electron chi connectivity index (χ3n) is 6.16. The number of amides is 1. The monoisotopic (exact) mass is 462 g/mol. The van der Waals surface area contributed by atoms with Crippen molar-refractivity contribution < 1.29 is 22.5 Å². The average molecular weight is 463 g/mol. The molecule has 0 unspecified atom stereocenters. The van der Waals surface area contributed by atoms with Gasteiger partial charge in [-0.05, 0) is 37.1 Å². The topological polar surface area (TPSA) is 106 Å². The fourth-order valence-electron chi connectivity index (χ4n) is 4.18. The van der Waals surface area contributed by atoms with E-state index in [1.165, 1.54) is 35.7 Å². The third-order valence-corrected chi connectivity index (χ3v) is 8.08. The Morgan fingerprint density at radius 1 is 1.12 bits per heavy atom. The van der Waals surface area contributed by atoms with Gasteiger partial charge in [-0.25, -0.2) is 8.42 Å². The highest BCUT2D eigenvalue weighted by atomic mass is 32.2. The molecule has 1 aliphatic heterocycles. The first kappa shape index (κ1) is 22.9. The fraction of sp³-hybridized carbons (Fsp3) is 0.591. The Morgan fingerprint density at radius 2 is 1.81 bits per heavy atom. The van der Waals surface area contributed by atoms with Gasteiger partial charge in [0.1, 0.15) is 0 Å². The highest BCUT2D eigenvalue weighted by molar-refractivity contribution is 7.89. The van der Waals surface area contributed by atoms with Gasteiger partial charge >= 0.3 is 0 Å². The summed E-state index contributed by atoms with van der Waals surface area (Å²) < 4.78 is 37.5. The lowest BCUT2D eigenvalue weighted by Crippen LogP contribution is -2.40. The highest BCUT2D eigenvalue weighted by Gasteiger charge is 2.27. The number of nitrogens with zero attached hydrogens (tertiary/aromatic N) is 4. The number of likely N-dealkylation sites (N-methyl/N-ethyl adjacent to an activating group) is 1. The number of sulfonamides is 1. The van der Waals surface area contributed by atoms with Crippen LogP contribution in [0.2, 0.25) is 0 Å². The van der Waals surface area contributed by atoms with Crippen molar-refractivity contribution in [2.24, 2.45) is 0 Å². The minimum Gasteiger partial charge on any atom is -0.379 e. The van der Waals surface area contributed by atoms with Crippen LogP contribution in [0.25, 0.3) is 0 Å². The van der Waals surface area contributed by atoms with Crippen LogP contribution in [0.4, 0.5) is 0 Å². The van der Waals surface area contributed by atoms with Crippen molar-refractivity contribution in [2.45, 2.75) is 49.3 Å². The molecule has 1 aliphatic carbocycles. The van der Waals surface area contributed by atoms with E-state index in [1.807, 2.05) is 0 Å². The lowest BCUT2D eigenvalue weighted by molar-refractivity contribution is 0.0730. The van der Waals surface area contributed by atoms with Crippen LogP contribution in [-0.4, -0.2) is 73.6 Å². The molecule has 2 aliphatic rings. The van der Waals surface area contributed by atoms with Gasteiger partial charge in [0.05, 0.1) is 18.1 Å². The van der Waals surface area contributed by atoms with Crippen molar-refractivity contribution in [3.05, 3.63) is 41.5 Å². The Bertz CT molecular complexity index is 1010. The van der Waals surface area contributed by atoms with Crippen LogP contribution in [0.1, 0.15) is 60.1 Å². The summed E-state index contributed by atoms with van der Waals surface area (Å²) in [6, 6.07) is 6.09. The molecule has 1 amide bonds. The molecule has 1 saturated carbocycles. The maximum absolute atomic E-state index is 12.8. The van der Waals surface area contributed by atoms with Crippen molar-refractivity contribution in [3.63, 3.8) is 0 Å². The van der Waals surface area contributed by atoms with Crippen LogP contribution in [-0.2, 0) is 21.2 Å². The molecule has 1 saturated heterocycles. The Labute approximate surface area is 188 Å². The summed E-state index contributed by atoms with van der Waals surface area (Å²) in [5.74, 6) is 1.50.